The highest BCUT2D eigenvalue weighted by atomic mass is 15.4. The lowest BCUT2D eigenvalue weighted by Gasteiger charge is -2.19. The zero-order chi connectivity index (χ0) is 8.48. The second kappa shape index (κ2) is 2.70. The van der Waals surface area contributed by atoms with Crippen molar-refractivity contribution in [2.75, 3.05) is 0 Å². The Morgan fingerprint density at radius 3 is 2.45 bits per heavy atom. The summed E-state index contributed by atoms with van der Waals surface area (Å²) in [6.07, 6.45) is 4.04. The summed E-state index contributed by atoms with van der Waals surface area (Å²) < 4.78 is 0. The topological polar surface area (TPSA) is 24.1 Å². The SMILES string of the molecule is C=CC1C=C(C(C)(C)C)NN1. The van der Waals surface area contributed by atoms with Crippen LogP contribution in [0.3, 0.4) is 0 Å². The van der Waals surface area contributed by atoms with Crippen LogP contribution in [-0.4, -0.2) is 6.04 Å². The molecule has 0 aromatic heterocycles. The molecule has 2 N–H and O–H groups in total. The normalized spacial score (nSPS) is 24.3. The van der Waals surface area contributed by atoms with Crippen LogP contribution in [0.5, 0.6) is 0 Å². The van der Waals surface area contributed by atoms with Gasteiger partial charge in [-0.25, -0.2) is 5.43 Å². The molecule has 1 atom stereocenters. The number of rotatable bonds is 1. The summed E-state index contributed by atoms with van der Waals surface area (Å²) in [7, 11) is 0. The number of hydrogen-bond acceptors (Lipinski definition) is 2. The van der Waals surface area contributed by atoms with Gasteiger partial charge in [-0.05, 0) is 6.08 Å². The molecule has 2 heteroatoms. The molecule has 1 aliphatic rings. The van der Waals surface area contributed by atoms with Crippen molar-refractivity contribution in [1.82, 2.24) is 10.9 Å². The third-order valence-electron chi connectivity index (χ3n) is 1.78. The Bertz CT molecular complexity index is 186. The van der Waals surface area contributed by atoms with Gasteiger partial charge in [-0.15, -0.1) is 6.58 Å². The molecule has 0 bridgehead atoms. The lowest BCUT2D eigenvalue weighted by molar-refractivity contribution is 0.452. The highest BCUT2D eigenvalue weighted by molar-refractivity contribution is 5.19. The molecule has 1 rings (SSSR count). The van der Waals surface area contributed by atoms with Crippen LogP contribution >= 0.6 is 0 Å². The maximum absolute atomic E-state index is 3.71. The molecule has 0 saturated heterocycles. The standard InChI is InChI=1S/C9H16N2/c1-5-7-6-8(11-10-7)9(2,3)4/h5-7,10-11H,1H2,2-4H3. The lowest BCUT2D eigenvalue weighted by atomic mass is 9.92. The molecule has 2 nitrogen and oxygen atoms in total. The summed E-state index contributed by atoms with van der Waals surface area (Å²) in [5.41, 5.74) is 7.68. The molecule has 0 aliphatic carbocycles. The molecule has 0 aromatic rings. The highest BCUT2D eigenvalue weighted by Crippen LogP contribution is 2.24. The largest absolute Gasteiger partial charge is 0.324 e. The minimum absolute atomic E-state index is 0.199. The first-order valence-electron chi connectivity index (χ1n) is 3.90. The summed E-state index contributed by atoms with van der Waals surface area (Å²) in [4.78, 5) is 0. The zero-order valence-corrected chi connectivity index (χ0v) is 7.44. The van der Waals surface area contributed by atoms with Gasteiger partial charge in [-0.2, -0.15) is 0 Å². The van der Waals surface area contributed by atoms with Crippen LogP contribution < -0.4 is 10.9 Å². The Morgan fingerprint density at radius 1 is 1.55 bits per heavy atom. The smallest absolute Gasteiger partial charge is 0.0638 e. The van der Waals surface area contributed by atoms with E-state index in [1.807, 2.05) is 6.08 Å². The first-order chi connectivity index (χ1) is 5.04. The van der Waals surface area contributed by atoms with Crippen molar-refractivity contribution in [2.24, 2.45) is 5.41 Å². The zero-order valence-electron chi connectivity index (χ0n) is 7.44. The third-order valence-corrected chi connectivity index (χ3v) is 1.78. The minimum Gasteiger partial charge on any atom is -0.324 e. The monoisotopic (exact) mass is 152 g/mol. The van der Waals surface area contributed by atoms with Crippen molar-refractivity contribution in [2.45, 2.75) is 26.8 Å². The molecule has 0 saturated carbocycles. The summed E-state index contributed by atoms with van der Waals surface area (Å²) in [5.74, 6) is 0. The Hall–Kier alpha value is -0.760. The first kappa shape index (κ1) is 8.34. The van der Waals surface area contributed by atoms with Crippen molar-refractivity contribution in [3.63, 3.8) is 0 Å². The molecular weight excluding hydrogens is 136 g/mol. The number of allylic oxidation sites excluding steroid dienone is 1. The highest BCUT2D eigenvalue weighted by Gasteiger charge is 2.22. The van der Waals surface area contributed by atoms with Gasteiger partial charge in [0, 0.05) is 11.1 Å². The van der Waals surface area contributed by atoms with Crippen molar-refractivity contribution < 1.29 is 0 Å². The Labute approximate surface area is 68.3 Å². The van der Waals surface area contributed by atoms with Crippen LogP contribution in [-0.2, 0) is 0 Å². The second-order valence-electron chi connectivity index (χ2n) is 3.86. The quantitative estimate of drug-likeness (QED) is 0.557. The van der Waals surface area contributed by atoms with E-state index in [2.05, 4.69) is 44.3 Å². The molecule has 0 radical (unpaired) electrons. The molecule has 1 unspecified atom stereocenters. The van der Waals surface area contributed by atoms with Crippen LogP contribution in [0.15, 0.2) is 24.4 Å². The Morgan fingerprint density at radius 2 is 2.18 bits per heavy atom. The summed E-state index contributed by atoms with van der Waals surface area (Å²) >= 11 is 0. The van der Waals surface area contributed by atoms with Crippen LogP contribution in [0.1, 0.15) is 20.8 Å². The van der Waals surface area contributed by atoms with Gasteiger partial charge in [0.25, 0.3) is 0 Å². The van der Waals surface area contributed by atoms with Crippen molar-refractivity contribution in [3.8, 4) is 0 Å². The number of hydrogen-bond donors (Lipinski definition) is 2. The molecule has 11 heavy (non-hydrogen) atoms. The molecular formula is C9H16N2. The van der Waals surface area contributed by atoms with Gasteiger partial charge in [0.15, 0.2) is 0 Å². The summed E-state index contributed by atoms with van der Waals surface area (Å²) in [5, 5.41) is 0. The van der Waals surface area contributed by atoms with Crippen molar-refractivity contribution in [3.05, 3.63) is 24.4 Å². The van der Waals surface area contributed by atoms with Crippen LogP contribution in [0.2, 0.25) is 0 Å². The predicted molar refractivity (Wildman–Crippen MR) is 47.8 cm³/mol. The van der Waals surface area contributed by atoms with E-state index < -0.39 is 0 Å². The van der Waals surface area contributed by atoms with E-state index in [1.165, 1.54) is 5.70 Å². The third kappa shape index (κ3) is 1.84. The van der Waals surface area contributed by atoms with Gasteiger partial charge in [0.05, 0.1) is 6.04 Å². The van der Waals surface area contributed by atoms with Gasteiger partial charge >= 0.3 is 0 Å². The van der Waals surface area contributed by atoms with Crippen LogP contribution in [0.25, 0.3) is 0 Å². The molecule has 1 aliphatic heterocycles. The minimum atomic E-state index is 0.199. The van der Waals surface area contributed by atoms with E-state index in [4.69, 9.17) is 0 Å². The molecule has 62 valence electrons. The Balaban J connectivity index is 2.69. The average Bonchev–Trinajstić information content (AvgIpc) is 2.32. The fraction of sp³-hybridized carbons (Fsp3) is 0.556. The van der Waals surface area contributed by atoms with Gasteiger partial charge in [0.1, 0.15) is 0 Å². The van der Waals surface area contributed by atoms with E-state index in [1.54, 1.807) is 0 Å². The number of hydrazine groups is 1. The lowest BCUT2D eigenvalue weighted by Crippen LogP contribution is -2.33. The Kier molecular flexibility index (Phi) is 2.05. The van der Waals surface area contributed by atoms with E-state index >= 15 is 0 Å². The maximum atomic E-state index is 3.71. The molecule has 1 heterocycles. The first-order valence-corrected chi connectivity index (χ1v) is 3.90. The number of nitrogens with one attached hydrogen (secondary N) is 2. The fourth-order valence-electron chi connectivity index (χ4n) is 0.988. The van der Waals surface area contributed by atoms with Crippen LogP contribution in [0, 0.1) is 5.41 Å². The van der Waals surface area contributed by atoms with Gasteiger partial charge in [-0.1, -0.05) is 26.8 Å². The second-order valence-corrected chi connectivity index (χ2v) is 3.86. The average molecular weight is 152 g/mol. The van der Waals surface area contributed by atoms with Crippen molar-refractivity contribution in [1.29, 1.82) is 0 Å². The molecule has 0 amide bonds. The van der Waals surface area contributed by atoms with Crippen LogP contribution in [0.4, 0.5) is 0 Å². The summed E-state index contributed by atoms with van der Waals surface area (Å²) in [6, 6.07) is 0.282. The summed E-state index contributed by atoms with van der Waals surface area (Å²) in [6.45, 7) is 10.3. The van der Waals surface area contributed by atoms with E-state index in [0.29, 0.717) is 0 Å². The predicted octanol–water partition coefficient (Wildman–Crippen LogP) is 1.58. The van der Waals surface area contributed by atoms with Gasteiger partial charge in [0.2, 0.25) is 0 Å². The molecule has 0 spiro atoms. The van der Waals surface area contributed by atoms with Gasteiger partial charge < -0.3 is 5.43 Å². The van der Waals surface area contributed by atoms with Crippen molar-refractivity contribution >= 4 is 0 Å². The maximum Gasteiger partial charge on any atom is 0.0638 e. The van der Waals surface area contributed by atoms with E-state index in [9.17, 15) is 0 Å². The molecule has 0 fully saturated rings. The van der Waals surface area contributed by atoms with E-state index in [-0.39, 0.29) is 11.5 Å². The fourth-order valence-corrected chi connectivity index (χ4v) is 0.988. The van der Waals surface area contributed by atoms with E-state index in [0.717, 1.165) is 0 Å². The van der Waals surface area contributed by atoms with Gasteiger partial charge in [-0.3, -0.25) is 0 Å². The molecule has 0 aromatic carbocycles.